The molecular weight excluding hydrogens is 440 g/mol. The highest BCUT2D eigenvalue weighted by Gasteiger charge is 2.27. The van der Waals surface area contributed by atoms with Crippen molar-refractivity contribution in [3.63, 3.8) is 0 Å². The third kappa shape index (κ3) is 5.39. The highest BCUT2D eigenvalue weighted by Crippen LogP contribution is 2.29. The number of aryl methyl sites for hydroxylation is 1. The smallest absolute Gasteiger partial charge is 0.273 e. The Balaban J connectivity index is 1.47. The van der Waals surface area contributed by atoms with E-state index in [1.165, 1.54) is 22.2 Å². The number of nitrogens with one attached hydrogen (secondary N) is 2. The molecule has 4 rings (SSSR count). The van der Waals surface area contributed by atoms with E-state index in [2.05, 4.69) is 25.5 Å². The lowest BCUT2D eigenvalue weighted by molar-refractivity contribution is -0.125. The number of anilines is 2. The van der Waals surface area contributed by atoms with E-state index in [4.69, 9.17) is 0 Å². The predicted octanol–water partition coefficient (Wildman–Crippen LogP) is 2.54. The highest BCUT2D eigenvalue weighted by atomic mass is 32.1. The van der Waals surface area contributed by atoms with Gasteiger partial charge >= 0.3 is 0 Å². The second kappa shape index (κ2) is 10.1. The molecule has 1 saturated heterocycles. The maximum absolute atomic E-state index is 13.0. The molecule has 0 spiro atoms. The molecule has 2 N–H and O–H groups in total. The first-order chi connectivity index (χ1) is 15.9. The fraction of sp³-hybridized carbons (Fsp3) is 0.435. The third-order valence-electron chi connectivity index (χ3n) is 5.63. The van der Waals surface area contributed by atoms with Crippen molar-refractivity contribution in [3.05, 3.63) is 46.5 Å². The Kier molecular flexibility index (Phi) is 7.02. The van der Waals surface area contributed by atoms with Crippen LogP contribution in [0.1, 0.15) is 31.7 Å². The minimum atomic E-state index is -0.302. The minimum absolute atomic E-state index is 0.0720. The van der Waals surface area contributed by atoms with E-state index in [9.17, 15) is 14.4 Å². The van der Waals surface area contributed by atoms with E-state index in [-0.39, 0.29) is 29.8 Å². The Labute approximate surface area is 195 Å². The third-order valence-corrected chi connectivity index (χ3v) is 6.73. The van der Waals surface area contributed by atoms with Gasteiger partial charge in [-0.2, -0.15) is 4.98 Å². The van der Waals surface area contributed by atoms with E-state index in [0.717, 1.165) is 31.4 Å². The van der Waals surface area contributed by atoms with Gasteiger partial charge in [0.1, 0.15) is 17.6 Å². The van der Waals surface area contributed by atoms with Crippen molar-refractivity contribution in [1.29, 1.82) is 0 Å². The van der Waals surface area contributed by atoms with Crippen LogP contribution in [0, 0.1) is 12.8 Å². The van der Waals surface area contributed by atoms with Gasteiger partial charge in [-0.25, -0.2) is 4.98 Å². The topological polar surface area (TPSA) is 109 Å². The van der Waals surface area contributed by atoms with Crippen LogP contribution in [0.3, 0.4) is 0 Å². The summed E-state index contributed by atoms with van der Waals surface area (Å²) in [5.41, 5.74) is 1.85. The number of thiazole rings is 1. The number of nitrogens with zero attached hydrogens (tertiary/aromatic N) is 4. The van der Waals surface area contributed by atoms with E-state index < -0.39 is 0 Å². The summed E-state index contributed by atoms with van der Waals surface area (Å²) < 4.78 is 1.71. The van der Waals surface area contributed by atoms with E-state index in [1.54, 1.807) is 0 Å². The maximum atomic E-state index is 13.0. The zero-order chi connectivity index (χ0) is 23.4. The zero-order valence-electron chi connectivity index (χ0n) is 18.8. The molecule has 1 unspecified atom stereocenters. The SMILES string of the molecule is CCCNC(=O)C1CCCN(c2nc3ncn(CC(=O)Nc4ccc(C)cc4)c(=O)c3s2)C1. The number of hydrogen-bond donors (Lipinski definition) is 2. The van der Waals surface area contributed by atoms with E-state index in [1.807, 2.05) is 38.1 Å². The molecule has 174 valence electrons. The van der Waals surface area contributed by atoms with Crippen molar-refractivity contribution in [1.82, 2.24) is 19.9 Å². The van der Waals surface area contributed by atoms with Gasteiger partial charge in [0.2, 0.25) is 11.8 Å². The molecule has 0 radical (unpaired) electrons. The molecule has 3 aromatic rings. The van der Waals surface area contributed by atoms with Gasteiger partial charge in [-0.1, -0.05) is 36.0 Å². The quantitative estimate of drug-likeness (QED) is 0.552. The van der Waals surface area contributed by atoms with Crippen LogP contribution >= 0.6 is 11.3 Å². The number of carbonyl (C=O) groups is 2. The Morgan fingerprint density at radius 1 is 1.24 bits per heavy atom. The number of carbonyl (C=O) groups excluding carboxylic acids is 2. The van der Waals surface area contributed by atoms with Gasteiger partial charge in [0.15, 0.2) is 10.8 Å². The molecule has 2 aromatic heterocycles. The predicted molar refractivity (Wildman–Crippen MR) is 130 cm³/mol. The van der Waals surface area contributed by atoms with Gasteiger partial charge in [0.05, 0.1) is 5.92 Å². The highest BCUT2D eigenvalue weighted by molar-refractivity contribution is 7.22. The lowest BCUT2D eigenvalue weighted by Gasteiger charge is -2.31. The molecule has 1 fully saturated rings. The van der Waals surface area contributed by atoms with Crippen molar-refractivity contribution < 1.29 is 9.59 Å². The molecule has 0 saturated carbocycles. The lowest BCUT2D eigenvalue weighted by Crippen LogP contribution is -2.43. The normalized spacial score (nSPS) is 16.1. The monoisotopic (exact) mass is 468 g/mol. The molecule has 1 aliphatic heterocycles. The molecule has 0 bridgehead atoms. The molecule has 1 atom stereocenters. The summed E-state index contributed by atoms with van der Waals surface area (Å²) in [6.07, 6.45) is 4.00. The number of aromatic nitrogens is 3. The average Bonchev–Trinajstić information content (AvgIpc) is 3.26. The van der Waals surface area contributed by atoms with Crippen LogP contribution in [0.5, 0.6) is 0 Å². The van der Waals surface area contributed by atoms with Crippen molar-refractivity contribution in [2.75, 3.05) is 29.9 Å². The molecule has 9 nitrogen and oxygen atoms in total. The molecule has 2 amide bonds. The number of fused-ring (bicyclic) bond motifs is 1. The van der Waals surface area contributed by atoms with Crippen LogP contribution in [-0.2, 0) is 16.1 Å². The summed E-state index contributed by atoms with van der Waals surface area (Å²) in [5.74, 6) is -0.320. The Morgan fingerprint density at radius 3 is 2.79 bits per heavy atom. The first-order valence-electron chi connectivity index (χ1n) is 11.2. The van der Waals surface area contributed by atoms with Gasteiger partial charge < -0.3 is 15.5 Å². The van der Waals surface area contributed by atoms with Crippen LogP contribution in [0.4, 0.5) is 10.8 Å². The second-order valence-corrected chi connectivity index (χ2v) is 9.29. The fourth-order valence-corrected chi connectivity index (χ4v) is 4.84. The molecule has 1 aliphatic rings. The van der Waals surface area contributed by atoms with Crippen LogP contribution < -0.4 is 21.1 Å². The van der Waals surface area contributed by atoms with E-state index in [0.29, 0.717) is 34.3 Å². The first kappa shape index (κ1) is 22.9. The standard InChI is InChI=1S/C23H28N6O3S/c1-3-10-24-21(31)16-5-4-11-28(12-16)23-27-20-19(33-23)22(32)29(14-25-20)13-18(30)26-17-8-6-15(2)7-9-17/h6-9,14,16H,3-5,10-13H2,1-2H3,(H,24,31)(H,26,30). The summed E-state index contributed by atoms with van der Waals surface area (Å²) in [5, 5.41) is 6.45. The number of rotatable bonds is 7. The maximum Gasteiger partial charge on any atom is 0.273 e. The largest absolute Gasteiger partial charge is 0.356 e. The number of benzene rings is 1. The van der Waals surface area contributed by atoms with Crippen molar-refractivity contribution >= 4 is 44.3 Å². The van der Waals surface area contributed by atoms with Gasteiger partial charge in [-0.15, -0.1) is 0 Å². The average molecular weight is 469 g/mol. The molecule has 0 aliphatic carbocycles. The summed E-state index contributed by atoms with van der Waals surface area (Å²) in [4.78, 5) is 48.7. The van der Waals surface area contributed by atoms with Crippen molar-refractivity contribution in [2.24, 2.45) is 5.92 Å². The number of piperidine rings is 1. The fourth-order valence-electron chi connectivity index (χ4n) is 3.83. The first-order valence-corrected chi connectivity index (χ1v) is 12.0. The minimum Gasteiger partial charge on any atom is -0.356 e. The zero-order valence-corrected chi connectivity index (χ0v) is 19.7. The van der Waals surface area contributed by atoms with E-state index >= 15 is 0 Å². The van der Waals surface area contributed by atoms with Crippen molar-refractivity contribution in [3.8, 4) is 0 Å². The van der Waals surface area contributed by atoms with Crippen molar-refractivity contribution in [2.45, 2.75) is 39.7 Å². The molecule has 1 aromatic carbocycles. The molecular formula is C23H28N6O3S. The van der Waals surface area contributed by atoms with Crippen LogP contribution in [-0.4, -0.2) is 46.0 Å². The molecule has 3 heterocycles. The lowest BCUT2D eigenvalue weighted by atomic mass is 9.97. The number of hydrogen-bond acceptors (Lipinski definition) is 7. The molecule has 10 heteroatoms. The number of amides is 2. The second-order valence-electron chi connectivity index (χ2n) is 8.32. The van der Waals surface area contributed by atoms with Crippen LogP contribution in [0.15, 0.2) is 35.4 Å². The van der Waals surface area contributed by atoms with Crippen LogP contribution in [0.25, 0.3) is 10.3 Å². The molecule has 33 heavy (non-hydrogen) atoms. The van der Waals surface area contributed by atoms with Gasteiger partial charge in [-0.05, 0) is 38.3 Å². The van der Waals surface area contributed by atoms with Gasteiger partial charge in [0, 0.05) is 25.3 Å². The Bertz CT molecular complexity index is 1200. The Morgan fingerprint density at radius 2 is 2.03 bits per heavy atom. The Hall–Kier alpha value is -3.27. The van der Waals surface area contributed by atoms with Gasteiger partial charge in [0.25, 0.3) is 5.56 Å². The summed E-state index contributed by atoms with van der Waals surface area (Å²) >= 11 is 1.26. The summed E-state index contributed by atoms with van der Waals surface area (Å²) in [6, 6.07) is 7.46. The van der Waals surface area contributed by atoms with Gasteiger partial charge in [-0.3, -0.25) is 19.0 Å². The summed E-state index contributed by atoms with van der Waals surface area (Å²) in [7, 11) is 0. The summed E-state index contributed by atoms with van der Waals surface area (Å²) in [6.45, 7) is 5.90. The van der Waals surface area contributed by atoms with Crippen LogP contribution in [0.2, 0.25) is 0 Å².